The van der Waals surface area contributed by atoms with Crippen LogP contribution in [0.1, 0.15) is 25.0 Å². The maximum atomic E-state index is 14.2. The van der Waals surface area contributed by atoms with Crippen molar-refractivity contribution in [2.45, 2.75) is 32.9 Å². The number of benzene rings is 1. The summed E-state index contributed by atoms with van der Waals surface area (Å²) in [4.78, 5) is 23.5. The Hall–Kier alpha value is -2.89. The van der Waals surface area contributed by atoms with Gasteiger partial charge in [-0.15, -0.1) is 4.98 Å². The normalized spacial score (nSPS) is 16.0. The van der Waals surface area contributed by atoms with E-state index < -0.39 is 11.4 Å². The highest BCUT2D eigenvalue weighted by Gasteiger charge is 2.50. The zero-order valence-electron chi connectivity index (χ0n) is 15.2. The van der Waals surface area contributed by atoms with E-state index in [0.29, 0.717) is 22.5 Å². The van der Waals surface area contributed by atoms with Crippen LogP contribution >= 0.6 is 12.2 Å². The second-order valence-corrected chi connectivity index (χ2v) is 7.11. The summed E-state index contributed by atoms with van der Waals surface area (Å²) in [5, 5.41) is 0.224. The van der Waals surface area contributed by atoms with Crippen LogP contribution in [0.15, 0.2) is 30.5 Å². The monoisotopic (exact) mass is 383 g/mol. The minimum absolute atomic E-state index is 0.0867. The van der Waals surface area contributed by atoms with Crippen LogP contribution in [0.2, 0.25) is 0 Å². The Labute approximate surface area is 162 Å². The van der Waals surface area contributed by atoms with Gasteiger partial charge in [-0.3, -0.25) is 9.69 Å². The summed E-state index contributed by atoms with van der Waals surface area (Å²) < 4.78 is 14.2. The van der Waals surface area contributed by atoms with Crippen LogP contribution in [-0.4, -0.2) is 21.5 Å². The molecule has 0 spiro atoms. The van der Waals surface area contributed by atoms with Crippen LogP contribution < -0.4 is 15.5 Å². The lowest BCUT2D eigenvalue weighted by Crippen LogP contribution is -2.44. The minimum Gasteiger partial charge on any atom is -0.360 e. The van der Waals surface area contributed by atoms with Crippen molar-refractivity contribution in [2.24, 2.45) is 5.73 Å². The van der Waals surface area contributed by atoms with Crippen LogP contribution in [-0.2, 0) is 11.3 Å². The number of nitrogens with two attached hydrogens (primary N) is 1. The van der Waals surface area contributed by atoms with Crippen molar-refractivity contribution in [3.63, 3.8) is 0 Å². The highest BCUT2D eigenvalue weighted by Crippen LogP contribution is 2.37. The largest absolute Gasteiger partial charge is 0.360 e. The Balaban J connectivity index is 2.07. The molecular formula is C19H18FN5OS. The number of rotatable bonds is 3. The second-order valence-electron chi connectivity index (χ2n) is 6.74. The predicted octanol–water partition coefficient (Wildman–Crippen LogP) is 3.46. The maximum Gasteiger partial charge on any atom is 0.272 e. The molecule has 0 atom stereocenters. The van der Waals surface area contributed by atoms with Crippen molar-refractivity contribution in [3.8, 4) is 0 Å². The van der Waals surface area contributed by atoms with E-state index in [9.17, 15) is 9.18 Å². The molecule has 1 aromatic heterocycles. The van der Waals surface area contributed by atoms with Crippen LogP contribution in [0.3, 0.4) is 0 Å². The summed E-state index contributed by atoms with van der Waals surface area (Å²) in [7, 11) is 0. The van der Waals surface area contributed by atoms with Gasteiger partial charge in [0.25, 0.3) is 11.7 Å². The van der Waals surface area contributed by atoms with Gasteiger partial charge in [0, 0.05) is 17.8 Å². The molecule has 3 rings (SSSR count). The highest BCUT2D eigenvalue weighted by atomic mass is 32.1. The number of halogens is 1. The third kappa shape index (κ3) is 2.95. The van der Waals surface area contributed by atoms with Crippen LogP contribution in [0, 0.1) is 19.3 Å². The third-order valence-corrected chi connectivity index (χ3v) is 4.95. The van der Waals surface area contributed by atoms with Crippen molar-refractivity contribution in [1.82, 2.24) is 4.98 Å². The first-order valence-electron chi connectivity index (χ1n) is 8.23. The molecular weight excluding hydrogens is 365 g/mol. The molecule has 2 heterocycles. The van der Waals surface area contributed by atoms with Gasteiger partial charge in [0.1, 0.15) is 17.6 Å². The molecule has 1 fully saturated rings. The number of amides is 1. The van der Waals surface area contributed by atoms with Gasteiger partial charge in [0.15, 0.2) is 5.11 Å². The number of thiocarbonyl (C=S) groups is 1. The Morgan fingerprint density at radius 2 is 2.04 bits per heavy atom. The lowest BCUT2D eigenvalue weighted by molar-refractivity contribution is -0.120. The maximum absolute atomic E-state index is 14.2. The number of aryl methyl sites for hydroxylation is 1. The van der Waals surface area contributed by atoms with E-state index in [1.807, 2.05) is 0 Å². The highest BCUT2D eigenvalue weighted by molar-refractivity contribution is 7.81. The molecule has 1 aliphatic heterocycles. The number of hydrogen-bond donors (Lipinski definition) is 1. The SMILES string of the molecule is [C-]#[N+]c1ncc(N2C(=O)C(C)(C)N(c3ccc(CN)c(F)c3)C2=S)cc1C. The van der Waals surface area contributed by atoms with Gasteiger partial charge in [-0.1, -0.05) is 12.6 Å². The van der Waals surface area contributed by atoms with Crippen molar-refractivity contribution in [3.05, 3.63) is 58.8 Å². The first-order chi connectivity index (χ1) is 12.7. The molecule has 0 saturated carbocycles. The zero-order valence-corrected chi connectivity index (χ0v) is 16.0. The van der Waals surface area contributed by atoms with E-state index in [1.165, 1.54) is 17.2 Å². The average molecular weight is 383 g/mol. The summed E-state index contributed by atoms with van der Waals surface area (Å²) in [6.07, 6.45) is 1.45. The Morgan fingerprint density at radius 1 is 1.33 bits per heavy atom. The zero-order chi connectivity index (χ0) is 19.9. The fourth-order valence-electron chi connectivity index (χ4n) is 3.09. The third-order valence-electron chi connectivity index (χ3n) is 4.58. The molecule has 27 heavy (non-hydrogen) atoms. The second kappa shape index (κ2) is 6.68. The molecule has 0 unspecified atom stereocenters. The lowest BCUT2D eigenvalue weighted by Gasteiger charge is -2.29. The van der Waals surface area contributed by atoms with E-state index in [-0.39, 0.29) is 23.4 Å². The summed E-state index contributed by atoms with van der Waals surface area (Å²) in [6.45, 7) is 12.4. The van der Waals surface area contributed by atoms with Gasteiger partial charge in [-0.2, -0.15) is 0 Å². The van der Waals surface area contributed by atoms with E-state index in [4.69, 9.17) is 24.5 Å². The topological polar surface area (TPSA) is 66.8 Å². The van der Waals surface area contributed by atoms with Crippen LogP contribution in [0.5, 0.6) is 0 Å². The van der Waals surface area contributed by atoms with Crippen molar-refractivity contribution in [2.75, 3.05) is 9.80 Å². The molecule has 2 N–H and O–H groups in total. The average Bonchev–Trinajstić information content (AvgIpc) is 2.79. The number of carbonyl (C=O) groups is 1. The smallest absolute Gasteiger partial charge is 0.272 e. The number of carbonyl (C=O) groups excluding carboxylic acids is 1. The number of anilines is 2. The van der Waals surface area contributed by atoms with Gasteiger partial charge in [0.2, 0.25) is 0 Å². The molecule has 1 aliphatic rings. The predicted molar refractivity (Wildman–Crippen MR) is 106 cm³/mol. The fourth-order valence-corrected chi connectivity index (χ4v) is 3.61. The quantitative estimate of drug-likeness (QED) is 0.650. The number of hydrogen-bond acceptors (Lipinski definition) is 4. The number of nitrogens with zero attached hydrogens (tertiary/aromatic N) is 4. The van der Waals surface area contributed by atoms with Crippen LogP contribution in [0.25, 0.3) is 4.85 Å². The molecule has 6 nitrogen and oxygen atoms in total. The number of pyridine rings is 1. The summed E-state index contributed by atoms with van der Waals surface area (Å²) in [5.74, 6) is -0.433. The standard InChI is InChI=1S/C19H18FN5OS/c1-11-7-14(10-23-16(11)22-4)24-17(26)19(2,3)25(18(24)27)13-6-5-12(9-21)15(20)8-13/h5-8,10H,9,21H2,1-3H3. The van der Waals surface area contributed by atoms with E-state index in [1.54, 1.807) is 43.9 Å². The molecule has 1 aromatic carbocycles. The molecule has 8 heteroatoms. The first-order valence-corrected chi connectivity index (χ1v) is 8.64. The van der Waals surface area contributed by atoms with E-state index >= 15 is 0 Å². The Morgan fingerprint density at radius 3 is 2.59 bits per heavy atom. The minimum atomic E-state index is -1.01. The molecule has 138 valence electrons. The Bertz CT molecular complexity index is 998. The first kappa shape index (κ1) is 18.9. The van der Waals surface area contributed by atoms with Crippen molar-refractivity contribution in [1.29, 1.82) is 0 Å². The molecule has 1 saturated heterocycles. The summed E-state index contributed by atoms with van der Waals surface area (Å²) >= 11 is 5.56. The molecule has 0 aliphatic carbocycles. The van der Waals surface area contributed by atoms with E-state index in [0.717, 1.165) is 0 Å². The van der Waals surface area contributed by atoms with Gasteiger partial charge < -0.3 is 15.5 Å². The Kier molecular flexibility index (Phi) is 4.68. The van der Waals surface area contributed by atoms with Crippen molar-refractivity contribution >= 4 is 40.4 Å². The molecule has 0 bridgehead atoms. The van der Waals surface area contributed by atoms with Gasteiger partial charge >= 0.3 is 0 Å². The number of aromatic nitrogens is 1. The molecule has 2 aromatic rings. The summed E-state index contributed by atoms with van der Waals surface area (Å²) in [6, 6.07) is 6.31. The van der Waals surface area contributed by atoms with Gasteiger partial charge in [0.05, 0.1) is 5.69 Å². The summed E-state index contributed by atoms with van der Waals surface area (Å²) in [5.41, 5.74) is 6.49. The molecule has 1 amide bonds. The van der Waals surface area contributed by atoms with Crippen molar-refractivity contribution < 1.29 is 9.18 Å². The van der Waals surface area contributed by atoms with E-state index in [2.05, 4.69) is 9.83 Å². The lowest BCUT2D eigenvalue weighted by atomic mass is 10.0. The fraction of sp³-hybridized carbons (Fsp3) is 0.263. The van der Waals surface area contributed by atoms with Crippen LogP contribution in [0.4, 0.5) is 21.6 Å². The molecule has 0 radical (unpaired) electrons. The van der Waals surface area contributed by atoms with Gasteiger partial charge in [-0.25, -0.2) is 4.39 Å². The van der Waals surface area contributed by atoms with Gasteiger partial charge in [-0.05, 0) is 56.8 Å².